The smallest absolute Gasteiger partial charge is 0.160 e. The number of hydrogen-bond donors (Lipinski definition) is 1. The molecule has 4 aromatic rings. The Hall–Kier alpha value is -3.02. The Balaban J connectivity index is 1.23. The van der Waals surface area contributed by atoms with Gasteiger partial charge in [-0.3, -0.25) is 4.98 Å². The molecular formula is C21H20N6. The first-order chi connectivity index (χ1) is 13.3. The Morgan fingerprint density at radius 2 is 1.67 bits per heavy atom. The summed E-state index contributed by atoms with van der Waals surface area (Å²) in [7, 11) is 0. The van der Waals surface area contributed by atoms with E-state index >= 15 is 0 Å². The highest BCUT2D eigenvalue weighted by Gasteiger charge is 2.37. The standard InChI is InChI=1S/C21H20N6/c1-3-17-16(22-9-1)7-8-19(25-17)24-14-11-15(12-14)27-20(13-5-6-13)26-18-4-2-10-23-21(18)27/h1-4,7-10,13-15H,5-6,11-12H2,(H,24,25)/t14-,15-. The Kier molecular flexibility index (Phi) is 3.21. The maximum atomic E-state index is 4.88. The Morgan fingerprint density at radius 1 is 0.852 bits per heavy atom. The van der Waals surface area contributed by atoms with Crippen molar-refractivity contribution in [2.24, 2.45) is 0 Å². The van der Waals surface area contributed by atoms with Crippen molar-refractivity contribution in [2.75, 3.05) is 5.32 Å². The van der Waals surface area contributed by atoms with Gasteiger partial charge in [0, 0.05) is 30.4 Å². The second-order valence-electron chi connectivity index (χ2n) is 7.67. The van der Waals surface area contributed by atoms with Gasteiger partial charge >= 0.3 is 0 Å². The van der Waals surface area contributed by atoms with E-state index in [9.17, 15) is 0 Å². The van der Waals surface area contributed by atoms with E-state index in [2.05, 4.69) is 30.9 Å². The highest BCUT2D eigenvalue weighted by Crippen LogP contribution is 2.45. The molecule has 2 aliphatic carbocycles. The summed E-state index contributed by atoms with van der Waals surface area (Å²) in [5.41, 5.74) is 3.93. The normalized spacial score (nSPS) is 22.1. The molecule has 0 radical (unpaired) electrons. The van der Waals surface area contributed by atoms with Crippen molar-refractivity contribution >= 4 is 28.0 Å². The van der Waals surface area contributed by atoms with Crippen molar-refractivity contribution in [3.8, 4) is 0 Å². The Morgan fingerprint density at radius 3 is 2.52 bits per heavy atom. The highest BCUT2D eigenvalue weighted by molar-refractivity contribution is 5.75. The van der Waals surface area contributed by atoms with Crippen molar-refractivity contribution in [1.29, 1.82) is 0 Å². The molecule has 4 heterocycles. The Bertz CT molecular complexity index is 1140. The molecule has 27 heavy (non-hydrogen) atoms. The predicted octanol–water partition coefficient (Wildman–Crippen LogP) is 4.07. The van der Waals surface area contributed by atoms with Crippen LogP contribution in [0.5, 0.6) is 0 Å². The molecule has 134 valence electrons. The van der Waals surface area contributed by atoms with Crippen molar-refractivity contribution in [3.63, 3.8) is 0 Å². The summed E-state index contributed by atoms with van der Waals surface area (Å²) in [6.45, 7) is 0. The van der Waals surface area contributed by atoms with E-state index in [0.29, 0.717) is 18.0 Å². The molecule has 0 bridgehead atoms. The van der Waals surface area contributed by atoms with Crippen LogP contribution < -0.4 is 5.32 Å². The third-order valence-electron chi connectivity index (χ3n) is 5.71. The number of aromatic nitrogens is 5. The quantitative estimate of drug-likeness (QED) is 0.597. The number of nitrogens with zero attached hydrogens (tertiary/aromatic N) is 5. The van der Waals surface area contributed by atoms with Crippen LogP contribution in [0.1, 0.15) is 43.5 Å². The number of pyridine rings is 3. The molecule has 6 heteroatoms. The van der Waals surface area contributed by atoms with Crippen molar-refractivity contribution in [2.45, 2.75) is 43.7 Å². The molecular weight excluding hydrogens is 336 g/mol. The maximum absolute atomic E-state index is 4.88. The van der Waals surface area contributed by atoms with E-state index in [4.69, 9.17) is 4.98 Å². The zero-order chi connectivity index (χ0) is 17.8. The van der Waals surface area contributed by atoms with Crippen LogP contribution in [0.2, 0.25) is 0 Å². The van der Waals surface area contributed by atoms with E-state index < -0.39 is 0 Å². The fraction of sp³-hybridized carbons (Fsp3) is 0.333. The van der Waals surface area contributed by atoms with Gasteiger partial charge in [0.25, 0.3) is 0 Å². The first-order valence-corrected chi connectivity index (χ1v) is 9.66. The summed E-state index contributed by atoms with van der Waals surface area (Å²) in [6, 6.07) is 12.9. The van der Waals surface area contributed by atoms with Crippen LogP contribution in [0.4, 0.5) is 5.82 Å². The zero-order valence-electron chi connectivity index (χ0n) is 14.9. The zero-order valence-corrected chi connectivity index (χ0v) is 14.9. The number of fused-ring (bicyclic) bond motifs is 2. The van der Waals surface area contributed by atoms with E-state index in [1.54, 1.807) is 6.20 Å². The Labute approximate surface area is 156 Å². The molecule has 4 aromatic heterocycles. The molecule has 6 nitrogen and oxygen atoms in total. The molecule has 0 unspecified atom stereocenters. The summed E-state index contributed by atoms with van der Waals surface area (Å²) in [4.78, 5) is 18.5. The lowest BCUT2D eigenvalue weighted by Gasteiger charge is -2.38. The van der Waals surface area contributed by atoms with Gasteiger partial charge in [-0.2, -0.15) is 0 Å². The number of hydrogen-bond acceptors (Lipinski definition) is 5. The van der Waals surface area contributed by atoms with Crippen LogP contribution in [0.3, 0.4) is 0 Å². The van der Waals surface area contributed by atoms with Gasteiger partial charge in [0.05, 0.1) is 11.0 Å². The van der Waals surface area contributed by atoms with Crippen molar-refractivity contribution in [1.82, 2.24) is 24.5 Å². The third kappa shape index (κ3) is 2.55. The maximum Gasteiger partial charge on any atom is 0.160 e. The molecule has 0 aliphatic heterocycles. The second-order valence-corrected chi connectivity index (χ2v) is 7.67. The fourth-order valence-corrected chi connectivity index (χ4v) is 4.10. The molecule has 6 rings (SSSR count). The number of imidazole rings is 1. The summed E-state index contributed by atoms with van der Waals surface area (Å²) in [5, 5.41) is 3.58. The first-order valence-electron chi connectivity index (χ1n) is 9.66. The average Bonchev–Trinajstić information content (AvgIpc) is 3.45. The molecule has 2 saturated carbocycles. The summed E-state index contributed by atoms with van der Waals surface area (Å²) in [5.74, 6) is 2.79. The van der Waals surface area contributed by atoms with Gasteiger partial charge in [-0.1, -0.05) is 0 Å². The topological polar surface area (TPSA) is 68.5 Å². The fourth-order valence-electron chi connectivity index (χ4n) is 4.10. The summed E-state index contributed by atoms with van der Waals surface area (Å²) in [6.07, 6.45) is 8.34. The number of rotatable bonds is 4. The van der Waals surface area contributed by atoms with Crippen LogP contribution in [-0.2, 0) is 0 Å². The van der Waals surface area contributed by atoms with Gasteiger partial charge in [0.15, 0.2) is 5.65 Å². The van der Waals surface area contributed by atoms with Crippen LogP contribution in [-0.4, -0.2) is 30.5 Å². The summed E-state index contributed by atoms with van der Waals surface area (Å²) < 4.78 is 2.41. The largest absolute Gasteiger partial charge is 0.367 e. The van der Waals surface area contributed by atoms with Crippen LogP contribution in [0.15, 0.2) is 48.8 Å². The number of anilines is 1. The van der Waals surface area contributed by atoms with Crippen LogP contribution in [0, 0.1) is 0 Å². The first kappa shape index (κ1) is 15.1. The number of nitrogens with one attached hydrogen (secondary N) is 1. The van der Waals surface area contributed by atoms with Gasteiger partial charge in [0.1, 0.15) is 17.2 Å². The molecule has 0 saturated heterocycles. The van der Waals surface area contributed by atoms with E-state index in [-0.39, 0.29) is 0 Å². The lowest BCUT2D eigenvalue weighted by Crippen LogP contribution is -2.37. The van der Waals surface area contributed by atoms with Crippen molar-refractivity contribution in [3.05, 3.63) is 54.6 Å². The minimum absolute atomic E-state index is 0.435. The SMILES string of the molecule is c1cnc2ccc(N[C@H]3C[C@H](n4c(C5CC5)nc5cccnc54)C3)nc2c1. The van der Waals surface area contributed by atoms with Crippen molar-refractivity contribution < 1.29 is 0 Å². The minimum Gasteiger partial charge on any atom is -0.367 e. The molecule has 0 atom stereocenters. The minimum atomic E-state index is 0.435. The molecule has 0 amide bonds. The van der Waals surface area contributed by atoms with E-state index in [1.165, 1.54) is 18.7 Å². The molecule has 0 spiro atoms. The molecule has 2 fully saturated rings. The van der Waals surface area contributed by atoms with E-state index in [1.807, 2.05) is 36.5 Å². The molecule has 1 N–H and O–H groups in total. The molecule has 0 aromatic carbocycles. The van der Waals surface area contributed by atoms with Crippen LogP contribution >= 0.6 is 0 Å². The van der Waals surface area contributed by atoms with Gasteiger partial charge in [-0.15, -0.1) is 0 Å². The predicted molar refractivity (Wildman–Crippen MR) is 105 cm³/mol. The van der Waals surface area contributed by atoms with Gasteiger partial charge < -0.3 is 9.88 Å². The van der Waals surface area contributed by atoms with Crippen LogP contribution in [0.25, 0.3) is 22.2 Å². The lowest BCUT2D eigenvalue weighted by molar-refractivity contribution is 0.281. The average molecular weight is 356 g/mol. The van der Waals surface area contributed by atoms with Gasteiger partial charge in [0.2, 0.25) is 0 Å². The lowest BCUT2D eigenvalue weighted by atomic mass is 9.86. The van der Waals surface area contributed by atoms with E-state index in [0.717, 1.165) is 40.9 Å². The molecule has 2 aliphatic rings. The monoisotopic (exact) mass is 356 g/mol. The van der Waals surface area contributed by atoms with Gasteiger partial charge in [-0.05, 0) is 62.1 Å². The highest BCUT2D eigenvalue weighted by atomic mass is 15.2. The second kappa shape index (κ2) is 5.74. The van der Waals surface area contributed by atoms with Gasteiger partial charge in [-0.25, -0.2) is 15.0 Å². The summed E-state index contributed by atoms with van der Waals surface area (Å²) >= 11 is 0. The third-order valence-corrected chi connectivity index (χ3v) is 5.71.